The number of benzene rings is 7. The largest absolute Gasteiger partial charge is 0.456 e. The van der Waals surface area contributed by atoms with Crippen molar-refractivity contribution in [3.05, 3.63) is 188 Å². The smallest absolute Gasteiger partial charge is 0.135 e. The van der Waals surface area contributed by atoms with Gasteiger partial charge in [0.15, 0.2) is 0 Å². The molecule has 3 nitrogen and oxygen atoms in total. The molecule has 0 spiro atoms. The van der Waals surface area contributed by atoms with Crippen molar-refractivity contribution in [2.24, 2.45) is 0 Å². The lowest BCUT2D eigenvalue weighted by atomic mass is 9.89. The van der Waals surface area contributed by atoms with Crippen LogP contribution in [0.1, 0.15) is 11.5 Å². The van der Waals surface area contributed by atoms with Gasteiger partial charge in [-0.15, -0.1) is 0 Å². The fourth-order valence-corrected chi connectivity index (χ4v) is 8.55. The van der Waals surface area contributed by atoms with Crippen LogP contribution in [0, 0.1) is 0 Å². The highest BCUT2D eigenvalue weighted by Gasteiger charge is 2.37. The first-order valence-electron chi connectivity index (χ1n) is 17.7. The molecule has 2 aliphatic rings. The quantitative estimate of drug-likeness (QED) is 0.189. The van der Waals surface area contributed by atoms with Crippen LogP contribution in [0.5, 0.6) is 0 Å². The summed E-state index contributed by atoms with van der Waals surface area (Å²) in [5.41, 5.74) is 14.0. The minimum Gasteiger partial charge on any atom is -0.456 e. The van der Waals surface area contributed by atoms with E-state index < -0.39 is 0 Å². The minimum absolute atomic E-state index is 0.274. The number of hydrogen-bond acceptors (Lipinski definition) is 2. The Morgan fingerprint density at radius 1 is 0.431 bits per heavy atom. The first-order valence-corrected chi connectivity index (χ1v) is 17.7. The molecule has 0 saturated heterocycles. The number of allylic oxidation sites excluding steroid dienone is 2. The summed E-state index contributed by atoms with van der Waals surface area (Å²) >= 11 is 0. The lowest BCUT2D eigenvalue weighted by Crippen LogP contribution is -2.28. The number of para-hydroxylation sites is 3. The molecule has 2 aromatic heterocycles. The summed E-state index contributed by atoms with van der Waals surface area (Å²) in [6, 6.07) is 57.4. The highest BCUT2D eigenvalue weighted by atomic mass is 16.3. The summed E-state index contributed by atoms with van der Waals surface area (Å²) in [5, 5.41) is 4.77. The molecule has 3 heteroatoms. The average Bonchev–Trinajstić information content (AvgIpc) is 3.85. The molecule has 0 fully saturated rings. The van der Waals surface area contributed by atoms with Crippen molar-refractivity contribution < 1.29 is 4.42 Å². The Morgan fingerprint density at radius 3 is 1.75 bits per heavy atom. The first-order chi connectivity index (χ1) is 25.3. The van der Waals surface area contributed by atoms with Gasteiger partial charge in [-0.2, -0.15) is 0 Å². The monoisotopic (exact) mass is 652 g/mol. The topological polar surface area (TPSA) is 21.3 Å². The van der Waals surface area contributed by atoms with E-state index in [4.69, 9.17) is 4.42 Å². The predicted molar refractivity (Wildman–Crippen MR) is 212 cm³/mol. The average molecular weight is 653 g/mol. The van der Waals surface area contributed by atoms with E-state index in [-0.39, 0.29) is 6.04 Å². The molecule has 3 heterocycles. The Bertz CT molecular complexity index is 2870. The van der Waals surface area contributed by atoms with Gasteiger partial charge in [-0.1, -0.05) is 103 Å². The van der Waals surface area contributed by atoms with Crippen molar-refractivity contribution >= 4 is 55.1 Å². The van der Waals surface area contributed by atoms with Crippen LogP contribution in [-0.2, 0) is 0 Å². The number of furan rings is 1. The van der Waals surface area contributed by atoms with Crippen molar-refractivity contribution in [1.29, 1.82) is 0 Å². The maximum atomic E-state index is 6.40. The number of anilines is 2. The number of fused-ring (bicyclic) bond motifs is 9. The van der Waals surface area contributed by atoms with E-state index in [2.05, 4.69) is 191 Å². The molecule has 2 unspecified atom stereocenters. The van der Waals surface area contributed by atoms with E-state index in [9.17, 15) is 0 Å². The van der Waals surface area contributed by atoms with Gasteiger partial charge < -0.3 is 13.9 Å². The highest BCUT2D eigenvalue weighted by molar-refractivity contribution is 6.11. The van der Waals surface area contributed by atoms with E-state index in [0.717, 1.165) is 21.9 Å². The zero-order chi connectivity index (χ0) is 33.5. The van der Waals surface area contributed by atoms with Crippen molar-refractivity contribution in [2.45, 2.75) is 12.0 Å². The second-order valence-corrected chi connectivity index (χ2v) is 13.7. The van der Waals surface area contributed by atoms with Crippen molar-refractivity contribution in [3.63, 3.8) is 0 Å². The van der Waals surface area contributed by atoms with Crippen LogP contribution in [0.15, 0.2) is 186 Å². The van der Waals surface area contributed by atoms with Gasteiger partial charge in [0, 0.05) is 44.5 Å². The summed E-state index contributed by atoms with van der Waals surface area (Å²) in [7, 11) is 0. The van der Waals surface area contributed by atoms with Gasteiger partial charge in [0.25, 0.3) is 0 Å². The van der Waals surface area contributed by atoms with E-state index in [1.165, 1.54) is 66.7 Å². The van der Waals surface area contributed by atoms with Gasteiger partial charge in [0.05, 0.1) is 17.1 Å². The summed E-state index contributed by atoms with van der Waals surface area (Å²) in [6.45, 7) is 0. The van der Waals surface area contributed by atoms with Crippen LogP contribution in [0.25, 0.3) is 71.7 Å². The van der Waals surface area contributed by atoms with Crippen molar-refractivity contribution in [1.82, 2.24) is 4.57 Å². The highest BCUT2D eigenvalue weighted by Crippen LogP contribution is 2.49. The Labute approximate surface area is 295 Å². The van der Waals surface area contributed by atoms with Gasteiger partial charge >= 0.3 is 0 Å². The molecule has 0 radical (unpaired) electrons. The number of rotatable bonds is 4. The molecular weight excluding hydrogens is 621 g/mol. The molecule has 0 amide bonds. The molecule has 9 aromatic rings. The number of aromatic nitrogens is 1. The molecule has 7 aromatic carbocycles. The molecule has 0 N–H and O–H groups in total. The van der Waals surface area contributed by atoms with Gasteiger partial charge in [-0.05, 0) is 107 Å². The van der Waals surface area contributed by atoms with Gasteiger partial charge in [0.2, 0.25) is 0 Å². The van der Waals surface area contributed by atoms with Crippen LogP contribution in [0.2, 0.25) is 0 Å². The molecule has 240 valence electrons. The zero-order valence-corrected chi connectivity index (χ0v) is 27.8. The van der Waals surface area contributed by atoms with Crippen LogP contribution >= 0.6 is 0 Å². The van der Waals surface area contributed by atoms with Crippen LogP contribution in [0.4, 0.5) is 11.4 Å². The Balaban J connectivity index is 1.01. The van der Waals surface area contributed by atoms with E-state index in [0.29, 0.717) is 5.92 Å². The molecule has 1 aliphatic carbocycles. The van der Waals surface area contributed by atoms with E-state index >= 15 is 0 Å². The summed E-state index contributed by atoms with van der Waals surface area (Å²) < 4.78 is 8.76. The van der Waals surface area contributed by atoms with Crippen LogP contribution in [-0.4, -0.2) is 10.6 Å². The third kappa shape index (κ3) is 4.31. The number of nitrogens with zero attached hydrogens (tertiary/aromatic N) is 2. The molecule has 0 bridgehead atoms. The number of hydrogen-bond donors (Lipinski definition) is 0. The molecule has 1 aliphatic heterocycles. The second kappa shape index (κ2) is 11.0. The Hall–Kier alpha value is -6.58. The van der Waals surface area contributed by atoms with Crippen molar-refractivity contribution in [2.75, 3.05) is 4.90 Å². The third-order valence-electron chi connectivity index (χ3n) is 10.9. The third-order valence-corrected chi connectivity index (χ3v) is 10.9. The van der Waals surface area contributed by atoms with Crippen molar-refractivity contribution in [3.8, 4) is 27.9 Å². The minimum atomic E-state index is 0.274. The lowest BCUT2D eigenvalue weighted by molar-refractivity contribution is 0.669. The summed E-state index contributed by atoms with van der Waals surface area (Å²) in [6.07, 6.45) is 9.04. The maximum absolute atomic E-state index is 6.40. The molecule has 51 heavy (non-hydrogen) atoms. The van der Waals surface area contributed by atoms with Gasteiger partial charge in [0.1, 0.15) is 11.2 Å². The van der Waals surface area contributed by atoms with Gasteiger partial charge in [-0.3, -0.25) is 0 Å². The first kappa shape index (κ1) is 28.3. The van der Waals surface area contributed by atoms with E-state index in [1.54, 1.807) is 0 Å². The zero-order valence-electron chi connectivity index (χ0n) is 27.8. The maximum Gasteiger partial charge on any atom is 0.135 e. The normalized spacial score (nSPS) is 16.4. The molecule has 11 rings (SSSR count). The lowest BCUT2D eigenvalue weighted by Gasteiger charge is -2.28. The van der Waals surface area contributed by atoms with Crippen LogP contribution < -0.4 is 4.90 Å². The predicted octanol–water partition coefficient (Wildman–Crippen LogP) is 12.7. The molecule has 2 atom stereocenters. The SMILES string of the molecule is C1=CC2c3cc(-c4ccc5oc6ccc(-c7ccc8c(c7)c7ccccc7n8-c7ccccc7)cc6c5c4)ccc3N(c3ccccc3)C2C=C1. The molecule has 0 saturated carbocycles. The van der Waals surface area contributed by atoms with E-state index in [1.807, 2.05) is 0 Å². The fraction of sp³-hybridized carbons (Fsp3) is 0.0417. The molecular formula is C48H32N2O. The Morgan fingerprint density at radius 2 is 1.00 bits per heavy atom. The standard InChI is InChI=1S/C48H32N2O/c1-3-11-35(12-4-1)49-43-17-9-7-15-37(43)39-27-31(19-23-45(39)49)33-21-25-47-41(29-33)42-30-34(22-26-48(42)51-47)32-20-24-46-40(28-32)38-16-8-10-18-44(38)50(46)36-13-5-2-6-14-36/h1-30,37,43H. The Kier molecular flexibility index (Phi) is 6.08. The summed E-state index contributed by atoms with van der Waals surface area (Å²) in [5.74, 6) is 0.310. The van der Waals surface area contributed by atoms with Gasteiger partial charge in [-0.25, -0.2) is 0 Å². The van der Waals surface area contributed by atoms with Crippen LogP contribution in [0.3, 0.4) is 0 Å². The fourth-order valence-electron chi connectivity index (χ4n) is 8.55. The second-order valence-electron chi connectivity index (χ2n) is 13.7. The summed E-state index contributed by atoms with van der Waals surface area (Å²) in [4.78, 5) is 2.48.